The van der Waals surface area contributed by atoms with Crippen LogP contribution in [0.1, 0.15) is 38.5 Å². The summed E-state index contributed by atoms with van der Waals surface area (Å²) in [4.78, 5) is 0. The minimum Gasteiger partial charge on any atom is -0.396 e. The fourth-order valence-electron chi connectivity index (χ4n) is 2.81. The zero-order valence-corrected chi connectivity index (χ0v) is 11.0. The molecule has 0 radical (unpaired) electrons. The normalized spacial score (nSPS) is 28.4. The number of hydrogen-bond acceptors (Lipinski definition) is 4. The zero-order chi connectivity index (χ0) is 12.8. The van der Waals surface area contributed by atoms with Crippen LogP contribution in [0.5, 0.6) is 0 Å². The average Bonchev–Trinajstić information content (AvgIpc) is 2.79. The Balaban J connectivity index is 1.89. The van der Waals surface area contributed by atoms with Crippen molar-refractivity contribution < 1.29 is 19.3 Å². The van der Waals surface area contributed by atoms with Crippen molar-refractivity contribution in [1.29, 1.82) is 0 Å². The molecular weight excluding hydrogens is 232 g/mol. The molecule has 2 atom stereocenters. The van der Waals surface area contributed by atoms with Crippen molar-refractivity contribution in [2.75, 3.05) is 19.8 Å². The monoisotopic (exact) mass is 256 g/mol. The third-order valence-electron chi connectivity index (χ3n) is 3.75. The highest BCUT2D eigenvalue weighted by Crippen LogP contribution is 2.39. The van der Waals surface area contributed by atoms with Crippen molar-refractivity contribution in [3.05, 3.63) is 12.7 Å². The number of aliphatic hydroxyl groups excluding tert-OH is 1. The first-order valence-corrected chi connectivity index (χ1v) is 6.95. The molecule has 4 nitrogen and oxygen atoms in total. The van der Waals surface area contributed by atoms with Gasteiger partial charge in [0.2, 0.25) is 0 Å². The van der Waals surface area contributed by atoms with Gasteiger partial charge in [-0.2, -0.15) is 0 Å². The van der Waals surface area contributed by atoms with Gasteiger partial charge in [0.05, 0.1) is 19.3 Å². The molecule has 2 fully saturated rings. The predicted molar refractivity (Wildman–Crippen MR) is 68.3 cm³/mol. The number of aliphatic hydroxyl groups is 1. The van der Waals surface area contributed by atoms with E-state index in [9.17, 15) is 0 Å². The molecule has 1 aliphatic heterocycles. The van der Waals surface area contributed by atoms with Crippen LogP contribution in [0.3, 0.4) is 0 Å². The maximum Gasteiger partial charge on any atom is 0.169 e. The fourth-order valence-corrected chi connectivity index (χ4v) is 2.81. The van der Waals surface area contributed by atoms with E-state index in [0.717, 1.165) is 12.8 Å². The summed E-state index contributed by atoms with van der Waals surface area (Å²) < 4.78 is 17.7. The maximum absolute atomic E-state index is 9.10. The smallest absolute Gasteiger partial charge is 0.169 e. The van der Waals surface area contributed by atoms with Crippen LogP contribution < -0.4 is 0 Å². The Morgan fingerprint density at radius 3 is 2.83 bits per heavy atom. The molecule has 0 bridgehead atoms. The van der Waals surface area contributed by atoms with Crippen molar-refractivity contribution in [3.63, 3.8) is 0 Å². The molecule has 0 aromatic rings. The summed E-state index contributed by atoms with van der Waals surface area (Å²) in [6.45, 7) is 4.80. The Hall–Kier alpha value is -0.420. The first-order chi connectivity index (χ1) is 8.79. The van der Waals surface area contributed by atoms with Crippen molar-refractivity contribution in [1.82, 2.24) is 0 Å². The van der Waals surface area contributed by atoms with E-state index < -0.39 is 0 Å². The minimum atomic E-state index is -0.367. The van der Waals surface area contributed by atoms with E-state index in [1.807, 2.05) is 0 Å². The Kier molecular flexibility index (Phi) is 5.18. The number of hydrogen-bond donors (Lipinski definition) is 1. The van der Waals surface area contributed by atoms with Crippen LogP contribution in [-0.4, -0.2) is 42.9 Å². The van der Waals surface area contributed by atoms with Gasteiger partial charge < -0.3 is 19.3 Å². The van der Waals surface area contributed by atoms with E-state index in [4.69, 9.17) is 19.3 Å². The Morgan fingerprint density at radius 2 is 2.17 bits per heavy atom. The molecule has 0 amide bonds. The van der Waals surface area contributed by atoms with Crippen molar-refractivity contribution >= 4 is 0 Å². The van der Waals surface area contributed by atoms with Crippen LogP contribution in [0, 0.1) is 0 Å². The number of ether oxygens (including phenoxy) is 3. The Bertz CT molecular complexity index is 261. The van der Waals surface area contributed by atoms with Gasteiger partial charge in [0.1, 0.15) is 6.10 Å². The molecule has 1 heterocycles. The molecule has 4 heteroatoms. The largest absolute Gasteiger partial charge is 0.396 e. The Morgan fingerprint density at radius 1 is 1.39 bits per heavy atom. The van der Waals surface area contributed by atoms with E-state index in [0.29, 0.717) is 19.6 Å². The van der Waals surface area contributed by atoms with Gasteiger partial charge >= 0.3 is 0 Å². The molecule has 1 spiro atoms. The van der Waals surface area contributed by atoms with Crippen LogP contribution in [0.15, 0.2) is 12.7 Å². The highest BCUT2D eigenvalue weighted by Gasteiger charge is 2.44. The molecule has 0 aromatic heterocycles. The van der Waals surface area contributed by atoms with Crippen LogP contribution in [0.4, 0.5) is 0 Å². The lowest BCUT2D eigenvalue weighted by molar-refractivity contribution is -0.198. The van der Waals surface area contributed by atoms with Crippen molar-refractivity contribution in [2.24, 2.45) is 0 Å². The van der Waals surface area contributed by atoms with Gasteiger partial charge in [-0.15, -0.1) is 6.58 Å². The molecule has 0 unspecified atom stereocenters. The summed E-state index contributed by atoms with van der Waals surface area (Å²) >= 11 is 0. The summed E-state index contributed by atoms with van der Waals surface area (Å²) in [5, 5.41) is 9.10. The fraction of sp³-hybridized carbons (Fsp3) is 0.857. The topological polar surface area (TPSA) is 47.9 Å². The van der Waals surface area contributed by atoms with Crippen molar-refractivity contribution in [3.8, 4) is 0 Å². The van der Waals surface area contributed by atoms with Crippen LogP contribution >= 0.6 is 0 Å². The van der Waals surface area contributed by atoms with Gasteiger partial charge in [0.15, 0.2) is 5.79 Å². The summed E-state index contributed by atoms with van der Waals surface area (Å²) in [5.41, 5.74) is 0. The molecule has 1 N–H and O–H groups in total. The SMILES string of the molecule is C=CCO[C@@H](CCO)[C@H]1COC2(CCCCC2)O1. The highest BCUT2D eigenvalue weighted by atomic mass is 16.8. The van der Waals surface area contributed by atoms with Gasteiger partial charge in [-0.3, -0.25) is 0 Å². The molecular formula is C14H24O4. The lowest BCUT2D eigenvalue weighted by atomic mass is 9.94. The molecule has 18 heavy (non-hydrogen) atoms. The highest BCUT2D eigenvalue weighted by molar-refractivity contribution is 4.86. The van der Waals surface area contributed by atoms with Crippen molar-refractivity contribution in [2.45, 2.75) is 56.5 Å². The first kappa shape index (κ1) is 14.0. The third-order valence-corrected chi connectivity index (χ3v) is 3.75. The quantitative estimate of drug-likeness (QED) is 0.739. The standard InChI is InChI=1S/C14H24O4/c1-2-10-16-12(6-9-15)13-11-17-14(18-13)7-4-3-5-8-14/h2,12-13,15H,1,3-11H2/t12-,13+/m0/s1. The second-order valence-corrected chi connectivity index (χ2v) is 5.11. The first-order valence-electron chi connectivity index (χ1n) is 6.95. The average molecular weight is 256 g/mol. The Labute approximate surface area is 109 Å². The molecule has 1 saturated carbocycles. The van der Waals surface area contributed by atoms with Crippen LogP contribution in [-0.2, 0) is 14.2 Å². The van der Waals surface area contributed by atoms with E-state index in [-0.39, 0.29) is 24.6 Å². The van der Waals surface area contributed by atoms with Gasteiger partial charge in [-0.1, -0.05) is 12.5 Å². The second-order valence-electron chi connectivity index (χ2n) is 5.11. The van der Waals surface area contributed by atoms with E-state index in [1.54, 1.807) is 6.08 Å². The third kappa shape index (κ3) is 3.32. The molecule has 2 rings (SSSR count). The number of rotatable bonds is 6. The van der Waals surface area contributed by atoms with Gasteiger partial charge in [-0.05, 0) is 19.3 Å². The van der Waals surface area contributed by atoms with Crippen LogP contribution in [0.2, 0.25) is 0 Å². The summed E-state index contributed by atoms with van der Waals surface area (Å²) in [6, 6.07) is 0. The molecule has 0 aromatic carbocycles. The van der Waals surface area contributed by atoms with E-state index in [2.05, 4.69) is 6.58 Å². The van der Waals surface area contributed by atoms with Crippen LogP contribution in [0.25, 0.3) is 0 Å². The molecule has 2 aliphatic rings. The maximum atomic E-state index is 9.10. The van der Waals surface area contributed by atoms with E-state index >= 15 is 0 Å². The lowest BCUT2D eigenvalue weighted by Crippen LogP contribution is -2.37. The molecule has 104 valence electrons. The van der Waals surface area contributed by atoms with Gasteiger partial charge in [0, 0.05) is 19.4 Å². The van der Waals surface area contributed by atoms with Gasteiger partial charge in [-0.25, -0.2) is 0 Å². The lowest BCUT2D eigenvalue weighted by Gasteiger charge is -2.32. The second kappa shape index (κ2) is 6.66. The van der Waals surface area contributed by atoms with E-state index in [1.165, 1.54) is 19.3 Å². The molecule has 1 aliphatic carbocycles. The summed E-state index contributed by atoms with van der Waals surface area (Å²) in [5.74, 6) is -0.367. The van der Waals surface area contributed by atoms with Gasteiger partial charge in [0.25, 0.3) is 0 Å². The zero-order valence-electron chi connectivity index (χ0n) is 11.0. The molecule has 1 saturated heterocycles. The summed E-state index contributed by atoms with van der Waals surface area (Å²) in [7, 11) is 0. The minimum absolute atomic E-state index is 0.0600. The predicted octanol–water partition coefficient (Wildman–Crippen LogP) is 2.02. The summed E-state index contributed by atoms with van der Waals surface area (Å²) in [6.07, 6.45) is 7.72.